The van der Waals surface area contributed by atoms with Crippen LogP contribution in [0.2, 0.25) is 0 Å². The number of methoxy groups -OCH3 is 1. The number of rotatable bonds is 5. The number of benzene rings is 2. The maximum atomic E-state index is 13.4. The van der Waals surface area contributed by atoms with Crippen molar-refractivity contribution in [1.82, 2.24) is 4.57 Å². The fourth-order valence-corrected chi connectivity index (χ4v) is 4.61. The van der Waals surface area contributed by atoms with Crippen LogP contribution in [0.3, 0.4) is 0 Å². The lowest BCUT2D eigenvalue weighted by Crippen LogP contribution is -2.39. The van der Waals surface area contributed by atoms with Gasteiger partial charge in [0.15, 0.2) is 4.80 Å². The number of fused-ring (bicyclic) bond motifs is 1. The Kier molecular flexibility index (Phi) is 6.09. The third-order valence-electron chi connectivity index (χ3n) is 5.10. The van der Waals surface area contributed by atoms with Gasteiger partial charge in [0.25, 0.3) is 5.56 Å². The highest BCUT2D eigenvalue weighted by molar-refractivity contribution is 7.07. The van der Waals surface area contributed by atoms with Crippen molar-refractivity contribution in [3.63, 3.8) is 0 Å². The number of aromatic nitrogens is 1. The largest absolute Gasteiger partial charge is 0.466 e. The Labute approximate surface area is 184 Å². The van der Waals surface area contributed by atoms with Crippen LogP contribution in [0.25, 0.3) is 12.2 Å². The minimum absolute atomic E-state index is 0.174. The van der Waals surface area contributed by atoms with Crippen molar-refractivity contribution >= 4 is 29.5 Å². The molecule has 1 aliphatic rings. The lowest BCUT2D eigenvalue weighted by atomic mass is 9.95. The van der Waals surface area contributed by atoms with E-state index in [9.17, 15) is 9.59 Å². The average Bonchev–Trinajstić information content (AvgIpc) is 3.13. The number of esters is 1. The molecule has 156 valence electrons. The number of thiazole rings is 1. The van der Waals surface area contributed by atoms with Crippen LogP contribution < -0.4 is 14.9 Å². The van der Waals surface area contributed by atoms with Gasteiger partial charge in [-0.15, -0.1) is 0 Å². The van der Waals surface area contributed by atoms with E-state index in [-0.39, 0.29) is 5.56 Å². The first-order valence-electron chi connectivity index (χ1n) is 10.0. The molecule has 3 aromatic rings. The summed E-state index contributed by atoms with van der Waals surface area (Å²) < 4.78 is 7.23. The first-order valence-corrected chi connectivity index (χ1v) is 10.9. The maximum absolute atomic E-state index is 13.4. The van der Waals surface area contributed by atoms with Gasteiger partial charge in [-0.1, -0.05) is 91.1 Å². The number of hydrogen-bond donors (Lipinski definition) is 0. The Bertz CT molecular complexity index is 1330. The quantitative estimate of drug-likeness (QED) is 0.583. The monoisotopic (exact) mass is 430 g/mol. The molecule has 0 amide bonds. The standard InChI is InChI=1S/C25H22N2O3S/c1-3-19-21(24(29)30-2)22(18-14-8-5-9-15-18)27-23(28)20(31-25(27)26-19)16-10-13-17-11-6-4-7-12-17/h4-16,22H,3H2,1-2H3/b13-10+,20-16-/t22-/m0/s1. The van der Waals surface area contributed by atoms with Gasteiger partial charge in [0, 0.05) is 0 Å². The van der Waals surface area contributed by atoms with E-state index >= 15 is 0 Å². The van der Waals surface area contributed by atoms with Crippen LogP contribution in [-0.2, 0) is 9.53 Å². The van der Waals surface area contributed by atoms with Gasteiger partial charge in [-0.25, -0.2) is 9.79 Å². The second-order valence-electron chi connectivity index (χ2n) is 6.99. The Morgan fingerprint density at radius 3 is 2.45 bits per heavy atom. The van der Waals surface area contributed by atoms with Crippen molar-refractivity contribution < 1.29 is 9.53 Å². The van der Waals surface area contributed by atoms with E-state index in [1.165, 1.54) is 18.4 Å². The zero-order valence-corrected chi connectivity index (χ0v) is 18.1. The number of allylic oxidation sites excluding steroid dienone is 2. The topological polar surface area (TPSA) is 60.7 Å². The zero-order chi connectivity index (χ0) is 21.8. The van der Waals surface area contributed by atoms with Crippen molar-refractivity contribution in [2.75, 3.05) is 7.11 Å². The molecule has 0 unspecified atom stereocenters. The number of carbonyl (C=O) groups excluding carboxylic acids is 1. The second-order valence-corrected chi connectivity index (χ2v) is 8.00. The van der Waals surface area contributed by atoms with E-state index in [1.807, 2.05) is 79.7 Å². The molecule has 1 aromatic heterocycles. The van der Waals surface area contributed by atoms with Crippen molar-refractivity contribution in [2.24, 2.45) is 4.99 Å². The van der Waals surface area contributed by atoms with Crippen LogP contribution in [0.1, 0.15) is 30.5 Å². The normalized spacial score (nSPS) is 16.3. The lowest BCUT2D eigenvalue weighted by molar-refractivity contribution is -0.136. The molecule has 4 rings (SSSR count). The average molecular weight is 431 g/mol. The van der Waals surface area contributed by atoms with Gasteiger partial charge in [-0.3, -0.25) is 9.36 Å². The molecule has 0 N–H and O–H groups in total. The summed E-state index contributed by atoms with van der Waals surface area (Å²) in [6.07, 6.45) is 6.17. The molecule has 2 aromatic carbocycles. The summed E-state index contributed by atoms with van der Waals surface area (Å²) in [4.78, 5) is 31.3. The van der Waals surface area contributed by atoms with E-state index in [2.05, 4.69) is 4.99 Å². The molecule has 0 spiro atoms. The predicted octanol–water partition coefficient (Wildman–Crippen LogP) is 3.46. The van der Waals surface area contributed by atoms with Gasteiger partial charge in [-0.05, 0) is 23.6 Å². The number of ether oxygens (including phenoxy) is 1. The molecular weight excluding hydrogens is 408 g/mol. The smallest absolute Gasteiger partial charge is 0.338 e. The Balaban J connectivity index is 1.89. The molecule has 0 saturated heterocycles. The highest BCUT2D eigenvalue weighted by Crippen LogP contribution is 2.31. The number of carbonyl (C=O) groups is 1. The lowest BCUT2D eigenvalue weighted by Gasteiger charge is -2.25. The molecule has 5 nitrogen and oxygen atoms in total. The predicted molar refractivity (Wildman–Crippen MR) is 123 cm³/mol. The first kappa shape index (κ1) is 20.8. The zero-order valence-electron chi connectivity index (χ0n) is 17.3. The highest BCUT2D eigenvalue weighted by atomic mass is 32.1. The molecular formula is C25H22N2O3S. The molecule has 1 aliphatic heterocycles. The fraction of sp³-hybridized carbons (Fsp3) is 0.160. The Hall–Kier alpha value is -3.51. The summed E-state index contributed by atoms with van der Waals surface area (Å²) >= 11 is 1.33. The van der Waals surface area contributed by atoms with Crippen molar-refractivity contribution in [3.05, 3.63) is 109 Å². The minimum atomic E-state index is -0.569. The van der Waals surface area contributed by atoms with Gasteiger partial charge in [-0.2, -0.15) is 0 Å². The fourth-order valence-electron chi connectivity index (χ4n) is 3.64. The SMILES string of the molecule is CCC1=C(C(=O)OC)[C@H](c2ccccc2)n2c(s/c(=C\C=C\c3ccccc3)c2=O)=N1. The molecule has 0 fully saturated rings. The highest BCUT2D eigenvalue weighted by Gasteiger charge is 2.33. The minimum Gasteiger partial charge on any atom is -0.466 e. The Morgan fingerprint density at radius 1 is 1.13 bits per heavy atom. The summed E-state index contributed by atoms with van der Waals surface area (Å²) in [5.74, 6) is -0.465. The van der Waals surface area contributed by atoms with Gasteiger partial charge >= 0.3 is 5.97 Å². The number of hydrogen-bond acceptors (Lipinski definition) is 5. The van der Waals surface area contributed by atoms with Crippen LogP contribution >= 0.6 is 11.3 Å². The van der Waals surface area contributed by atoms with Crippen LogP contribution in [0, 0.1) is 0 Å². The van der Waals surface area contributed by atoms with E-state index in [4.69, 9.17) is 4.74 Å². The molecule has 0 aliphatic carbocycles. The van der Waals surface area contributed by atoms with E-state index in [0.717, 1.165) is 11.1 Å². The van der Waals surface area contributed by atoms with Crippen LogP contribution in [-0.4, -0.2) is 17.6 Å². The van der Waals surface area contributed by atoms with E-state index in [0.29, 0.717) is 27.0 Å². The molecule has 0 bridgehead atoms. The summed E-state index contributed by atoms with van der Waals surface area (Å²) in [6, 6.07) is 18.9. The third-order valence-corrected chi connectivity index (χ3v) is 6.10. The summed E-state index contributed by atoms with van der Waals surface area (Å²) in [5.41, 5.74) is 2.78. The van der Waals surface area contributed by atoms with Gasteiger partial charge in [0.05, 0.1) is 29.0 Å². The van der Waals surface area contributed by atoms with Gasteiger partial charge in [0.2, 0.25) is 0 Å². The number of nitrogens with zero attached hydrogens (tertiary/aromatic N) is 2. The first-order chi connectivity index (χ1) is 15.1. The molecule has 1 atom stereocenters. The summed E-state index contributed by atoms with van der Waals surface area (Å²) in [5, 5.41) is 0. The van der Waals surface area contributed by atoms with Gasteiger partial charge in [0.1, 0.15) is 0 Å². The van der Waals surface area contributed by atoms with Crippen molar-refractivity contribution in [3.8, 4) is 0 Å². The Morgan fingerprint density at radius 2 is 1.81 bits per heavy atom. The molecule has 2 heterocycles. The van der Waals surface area contributed by atoms with Crippen LogP contribution in [0.4, 0.5) is 0 Å². The van der Waals surface area contributed by atoms with E-state index < -0.39 is 12.0 Å². The van der Waals surface area contributed by atoms with Crippen LogP contribution in [0.15, 0.2) is 87.8 Å². The molecule has 0 saturated carbocycles. The summed E-state index contributed by atoms with van der Waals surface area (Å²) in [6.45, 7) is 1.95. The van der Waals surface area contributed by atoms with Crippen molar-refractivity contribution in [2.45, 2.75) is 19.4 Å². The second kappa shape index (κ2) is 9.10. The molecule has 0 radical (unpaired) electrons. The van der Waals surface area contributed by atoms with E-state index in [1.54, 1.807) is 10.6 Å². The third kappa shape index (κ3) is 4.07. The maximum Gasteiger partial charge on any atom is 0.338 e. The summed E-state index contributed by atoms with van der Waals surface area (Å²) in [7, 11) is 1.35. The van der Waals surface area contributed by atoms with Gasteiger partial charge < -0.3 is 4.74 Å². The van der Waals surface area contributed by atoms with Crippen LogP contribution in [0.5, 0.6) is 0 Å². The molecule has 31 heavy (non-hydrogen) atoms. The van der Waals surface area contributed by atoms with Crippen molar-refractivity contribution in [1.29, 1.82) is 0 Å². The molecule has 6 heteroatoms.